The Hall–Kier alpha value is -1.63. The summed E-state index contributed by atoms with van der Waals surface area (Å²) >= 11 is 0. The van der Waals surface area contributed by atoms with Crippen molar-refractivity contribution >= 4 is 6.03 Å². The fraction of sp³-hybridized carbons (Fsp3) is 0.769. The average molecular weight is 281 g/mol. The molecule has 2 amide bonds. The number of nitrogens with zero attached hydrogens (tertiary/aromatic N) is 4. The molecule has 0 bridgehead atoms. The zero-order valence-corrected chi connectivity index (χ0v) is 12.3. The molecule has 20 heavy (non-hydrogen) atoms. The van der Waals surface area contributed by atoms with Crippen molar-refractivity contribution in [3.05, 3.63) is 12.2 Å². The van der Waals surface area contributed by atoms with Crippen molar-refractivity contribution in [3.63, 3.8) is 0 Å². The van der Waals surface area contributed by atoms with E-state index in [0.717, 1.165) is 19.3 Å². The van der Waals surface area contributed by atoms with Crippen LogP contribution in [0.3, 0.4) is 0 Å². The van der Waals surface area contributed by atoms with Crippen LogP contribution < -0.4 is 5.32 Å². The Balaban J connectivity index is 1.89. The summed E-state index contributed by atoms with van der Waals surface area (Å²) in [6.45, 7) is 2.60. The summed E-state index contributed by atoms with van der Waals surface area (Å²) in [5.41, 5.74) is -0.0971. The number of aliphatic hydroxyl groups excluding tert-OH is 1. The lowest BCUT2D eigenvalue weighted by molar-refractivity contribution is 0.0227. The number of hydrogen-bond donors (Lipinski definition) is 2. The zero-order chi connectivity index (χ0) is 14.8. The Bertz CT molecular complexity index is 464. The van der Waals surface area contributed by atoms with Gasteiger partial charge in [0.25, 0.3) is 0 Å². The summed E-state index contributed by atoms with van der Waals surface area (Å²) in [5, 5.41) is 20.1. The normalized spacial score (nSPS) is 18.2. The summed E-state index contributed by atoms with van der Waals surface area (Å²) in [4.78, 5) is 13.8. The Morgan fingerprint density at radius 2 is 2.35 bits per heavy atom. The van der Waals surface area contributed by atoms with Gasteiger partial charge < -0.3 is 19.9 Å². The number of aryl methyl sites for hydroxylation is 1. The largest absolute Gasteiger partial charge is 0.396 e. The highest BCUT2D eigenvalue weighted by Crippen LogP contribution is 2.40. The Morgan fingerprint density at radius 3 is 2.80 bits per heavy atom. The average Bonchev–Trinajstić information content (AvgIpc) is 2.79. The first kappa shape index (κ1) is 14.8. The van der Waals surface area contributed by atoms with Gasteiger partial charge in [0.15, 0.2) is 5.82 Å². The molecule has 1 saturated carbocycles. The molecule has 0 aromatic carbocycles. The highest BCUT2D eigenvalue weighted by molar-refractivity contribution is 5.74. The summed E-state index contributed by atoms with van der Waals surface area (Å²) in [5.74, 6) is 0.715. The van der Waals surface area contributed by atoms with Gasteiger partial charge in [-0.2, -0.15) is 0 Å². The molecular weight excluding hydrogens is 258 g/mol. The molecule has 1 heterocycles. The third-order valence-electron chi connectivity index (χ3n) is 4.14. The second kappa shape index (κ2) is 5.78. The number of carbonyl (C=O) groups is 1. The maximum Gasteiger partial charge on any atom is 0.317 e. The van der Waals surface area contributed by atoms with Gasteiger partial charge >= 0.3 is 6.03 Å². The minimum absolute atomic E-state index is 0.0971. The molecule has 112 valence electrons. The Kier molecular flexibility index (Phi) is 4.27. The number of carbonyl (C=O) groups excluding carboxylic acids is 1. The van der Waals surface area contributed by atoms with Crippen molar-refractivity contribution in [2.45, 2.75) is 32.2 Å². The molecule has 0 aliphatic heterocycles. The van der Waals surface area contributed by atoms with Crippen LogP contribution in [0.5, 0.6) is 0 Å². The lowest BCUT2D eigenvalue weighted by Gasteiger charge is -2.42. The van der Waals surface area contributed by atoms with Gasteiger partial charge in [0, 0.05) is 26.1 Å². The van der Waals surface area contributed by atoms with E-state index in [1.54, 1.807) is 22.8 Å². The number of aromatic nitrogens is 3. The first-order valence-corrected chi connectivity index (χ1v) is 6.94. The minimum Gasteiger partial charge on any atom is -0.396 e. The second-order valence-electron chi connectivity index (χ2n) is 5.84. The quantitative estimate of drug-likeness (QED) is 0.831. The van der Waals surface area contributed by atoms with Crippen LogP contribution in [0.25, 0.3) is 0 Å². The van der Waals surface area contributed by atoms with Gasteiger partial charge in [-0.15, -0.1) is 10.2 Å². The van der Waals surface area contributed by atoms with Crippen molar-refractivity contribution < 1.29 is 9.90 Å². The lowest BCUT2D eigenvalue weighted by Crippen LogP contribution is -2.48. The van der Waals surface area contributed by atoms with Crippen LogP contribution in [-0.2, 0) is 7.05 Å². The number of nitrogens with one attached hydrogen (secondary N) is 1. The number of aliphatic hydroxyl groups is 1. The molecule has 2 rings (SSSR count). The Labute approximate surface area is 119 Å². The fourth-order valence-corrected chi connectivity index (χ4v) is 2.66. The highest BCUT2D eigenvalue weighted by Gasteiger charge is 2.38. The molecule has 7 nitrogen and oxygen atoms in total. The third kappa shape index (κ3) is 2.92. The van der Waals surface area contributed by atoms with Crippen molar-refractivity contribution in [2.24, 2.45) is 12.5 Å². The molecule has 0 spiro atoms. The van der Waals surface area contributed by atoms with E-state index in [4.69, 9.17) is 0 Å². The molecule has 1 aliphatic carbocycles. The van der Waals surface area contributed by atoms with E-state index in [0.29, 0.717) is 12.4 Å². The first-order valence-electron chi connectivity index (χ1n) is 6.94. The van der Waals surface area contributed by atoms with Crippen LogP contribution in [0.2, 0.25) is 0 Å². The number of rotatable bonds is 5. The van der Waals surface area contributed by atoms with E-state index < -0.39 is 0 Å². The summed E-state index contributed by atoms with van der Waals surface area (Å²) in [6.07, 6.45) is 4.71. The highest BCUT2D eigenvalue weighted by atomic mass is 16.3. The summed E-state index contributed by atoms with van der Waals surface area (Å²) in [7, 11) is 3.60. The van der Waals surface area contributed by atoms with E-state index in [2.05, 4.69) is 15.5 Å². The molecule has 2 N–H and O–H groups in total. The molecule has 1 fully saturated rings. The first-order chi connectivity index (χ1) is 9.47. The third-order valence-corrected chi connectivity index (χ3v) is 4.14. The van der Waals surface area contributed by atoms with Gasteiger partial charge in [0.1, 0.15) is 6.33 Å². The smallest absolute Gasteiger partial charge is 0.317 e. The second-order valence-corrected chi connectivity index (χ2v) is 5.84. The lowest BCUT2D eigenvalue weighted by atomic mass is 9.69. The van der Waals surface area contributed by atoms with E-state index in [1.807, 2.05) is 14.0 Å². The van der Waals surface area contributed by atoms with E-state index in [9.17, 15) is 9.90 Å². The van der Waals surface area contributed by atoms with Crippen molar-refractivity contribution in [2.75, 3.05) is 20.2 Å². The zero-order valence-electron chi connectivity index (χ0n) is 12.3. The Morgan fingerprint density at radius 1 is 1.65 bits per heavy atom. The van der Waals surface area contributed by atoms with Crippen LogP contribution in [-0.4, -0.2) is 51.0 Å². The van der Waals surface area contributed by atoms with Crippen LogP contribution in [0.15, 0.2) is 6.33 Å². The monoisotopic (exact) mass is 281 g/mol. The maximum absolute atomic E-state index is 12.2. The van der Waals surface area contributed by atoms with Gasteiger partial charge in [-0.25, -0.2) is 4.79 Å². The molecule has 0 saturated heterocycles. The van der Waals surface area contributed by atoms with Gasteiger partial charge in [-0.1, -0.05) is 6.42 Å². The van der Waals surface area contributed by atoms with Crippen molar-refractivity contribution in [1.82, 2.24) is 25.0 Å². The van der Waals surface area contributed by atoms with Crippen molar-refractivity contribution in [1.29, 1.82) is 0 Å². The van der Waals surface area contributed by atoms with Gasteiger partial charge in [-0.05, 0) is 19.8 Å². The molecule has 1 unspecified atom stereocenters. The van der Waals surface area contributed by atoms with E-state index >= 15 is 0 Å². The molecule has 1 atom stereocenters. The summed E-state index contributed by atoms with van der Waals surface area (Å²) in [6, 6.07) is -0.357. The van der Waals surface area contributed by atoms with Crippen molar-refractivity contribution in [3.8, 4) is 0 Å². The number of hydrogen-bond acceptors (Lipinski definition) is 4. The molecular formula is C13H23N5O2. The fourth-order valence-electron chi connectivity index (χ4n) is 2.66. The van der Waals surface area contributed by atoms with E-state index in [-0.39, 0.29) is 24.1 Å². The maximum atomic E-state index is 12.2. The number of urea groups is 1. The van der Waals surface area contributed by atoms with Crippen LogP contribution >= 0.6 is 0 Å². The van der Waals surface area contributed by atoms with Gasteiger partial charge in [-0.3, -0.25) is 0 Å². The molecule has 1 aromatic heterocycles. The molecule has 1 aromatic rings. The number of amides is 2. The van der Waals surface area contributed by atoms with Crippen LogP contribution in [0, 0.1) is 5.41 Å². The topological polar surface area (TPSA) is 83.3 Å². The predicted octanol–water partition coefficient (Wildman–Crippen LogP) is 0.680. The minimum atomic E-state index is -0.205. The molecule has 0 radical (unpaired) electrons. The van der Waals surface area contributed by atoms with Crippen LogP contribution in [0.1, 0.15) is 38.1 Å². The van der Waals surface area contributed by atoms with Gasteiger partial charge in [0.2, 0.25) is 0 Å². The van der Waals surface area contributed by atoms with Gasteiger partial charge in [0.05, 0.1) is 12.6 Å². The SMILES string of the molecule is CC(NC(=O)N(C)CC1(CO)CCC1)c1nncn1C. The van der Waals surface area contributed by atoms with E-state index in [1.165, 1.54) is 0 Å². The molecule has 1 aliphatic rings. The van der Waals surface area contributed by atoms with Crippen LogP contribution in [0.4, 0.5) is 4.79 Å². The predicted molar refractivity (Wildman–Crippen MR) is 73.9 cm³/mol. The molecule has 7 heteroatoms. The summed E-state index contributed by atoms with van der Waals surface area (Å²) < 4.78 is 1.78. The standard InChI is InChI=1S/C13H23N5O2/c1-10(11-16-14-9-18(11)3)15-12(20)17(2)7-13(8-19)5-4-6-13/h9-10,19H,4-8H2,1-3H3,(H,15,20).